The molecule has 2 aromatic rings. The van der Waals surface area contributed by atoms with Gasteiger partial charge in [-0.1, -0.05) is 17.7 Å². The number of carbonyl (C=O) groups excluding carboxylic acids is 1. The Hall–Kier alpha value is -2.48. The quantitative estimate of drug-likeness (QED) is 0.484. The lowest BCUT2D eigenvalue weighted by atomic mass is 10.1. The molecule has 2 N–H and O–H groups in total. The molecule has 0 saturated heterocycles. The smallest absolute Gasteiger partial charge is 0.345 e. The van der Waals surface area contributed by atoms with E-state index in [0.717, 1.165) is 16.9 Å². The molecule has 0 aliphatic heterocycles. The first-order chi connectivity index (χ1) is 10.1. The number of amides is 1. The Labute approximate surface area is 125 Å². The van der Waals surface area contributed by atoms with Crippen molar-refractivity contribution in [1.29, 1.82) is 0 Å². The van der Waals surface area contributed by atoms with E-state index in [-0.39, 0.29) is 10.9 Å². The highest BCUT2D eigenvalue weighted by Crippen LogP contribution is 2.24. The summed E-state index contributed by atoms with van der Waals surface area (Å²) in [7, 11) is 0. The number of nitrogens with one attached hydrogen (secondary N) is 2. The lowest BCUT2D eigenvalue weighted by Crippen LogP contribution is -2.28. The number of nitrogens with zero attached hydrogens (tertiary/aromatic N) is 2. The monoisotopic (exact) mass is 306 g/mol. The summed E-state index contributed by atoms with van der Waals surface area (Å²) in [4.78, 5) is 25.7. The van der Waals surface area contributed by atoms with Crippen molar-refractivity contribution in [2.75, 3.05) is 18.4 Å². The molecule has 7 nitrogen and oxygen atoms in total. The number of benzene rings is 1. The second-order valence-electron chi connectivity index (χ2n) is 4.31. The number of anilines is 1. The van der Waals surface area contributed by atoms with Crippen LogP contribution in [0.3, 0.4) is 0 Å². The predicted molar refractivity (Wildman–Crippen MR) is 80.8 cm³/mol. The average Bonchev–Trinajstić information content (AvgIpc) is 2.93. The predicted octanol–water partition coefficient (Wildman–Crippen LogP) is 2.20. The fourth-order valence-corrected chi connectivity index (χ4v) is 2.24. The van der Waals surface area contributed by atoms with Crippen LogP contribution in [-0.2, 0) is 0 Å². The fourth-order valence-electron chi connectivity index (χ4n) is 1.58. The molecule has 0 radical (unpaired) electrons. The molecule has 0 fully saturated rings. The van der Waals surface area contributed by atoms with Gasteiger partial charge in [-0.2, -0.15) is 0 Å². The number of nitro groups is 1. The average molecular weight is 306 g/mol. The Bertz CT molecular complexity index is 639. The van der Waals surface area contributed by atoms with E-state index in [2.05, 4.69) is 15.6 Å². The molecule has 1 heterocycles. The summed E-state index contributed by atoms with van der Waals surface area (Å²) in [5.74, 6) is -0.151. The molecule has 0 atom stereocenters. The molecule has 0 aliphatic carbocycles. The van der Waals surface area contributed by atoms with Crippen LogP contribution in [-0.4, -0.2) is 28.9 Å². The maximum atomic E-state index is 11.8. The Balaban J connectivity index is 1.75. The number of aromatic nitrogens is 1. The fraction of sp³-hybridized carbons (Fsp3) is 0.231. The van der Waals surface area contributed by atoms with Gasteiger partial charge < -0.3 is 10.6 Å². The van der Waals surface area contributed by atoms with Crippen molar-refractivity contribution in [3.05, 3.63) is 51.7 Å². The first-order valence-electron chi connectivity index (χ1n) is 6.25. The first-order valence-corrected chi connectivity index (χ1v) is 7.07. The van der Waals surface area contributed by atoms with Crippen LogP contribution in [0.5, 0.6) is 0 Å². The van der Waals surface area contributed by atoms with E-state index in [4.69, 9.17) is 0 Å². The van der Waals surface area contributed by atoms with E-state index in [9.17, 15) is 14.9 Å². The third kappa shape index (κ3) is 4.25. The van der Waals surface area contributed by atoms with Gasteiger partial charge in [0, 0.05) is 18.7 Å². The highest BCUT2D eigenvalue weighted by molar-refractivity contribution is 7.18. The molecule has 110 valence electrons. The number of aryl methyl sites for hydroxylation is 1. The maximum absolute atomic E-state index is 11.8. The molecular formula is C13H14N4O3S. The summed E-state index contributed by atoms with van der Waals surface area (Å²) in [5, 5.41) is 16.6. The minimum atomic E-state index is -0.484. The Kier molecular flexibility index (Phi) is 4.83. The van der Waals surface area contributed by atoms with Gasteiger partial charge in [-0.05, 0) is 30.4 Å². The summed E-state index contributed by atoms with van der Waals surface area (Å²) in [6.45, 7) is 2.81. The minimum absolute atomic E-state index is 0.0128. The molecular weight excluding hydrogens is 292 g/mol. The molecule has 8 heteroatoms. The number of carbonyl (C=O) groups is 1. The van der Waals surface area contributed by atoms with Gasteiger partial charge in [-0.15, -0.1) is 0 Å². The molecule has 1 amide bonds. The Morgan fingerprint density at radius 2 is 2.05 bits per heavy atom. The van der Waals surface area contributed by atoms with E-state index in [1.807, 2.05) is 19.1 Å². The van der Waals surface area contributed by atoms with Gasteiger partial charge in [0.05, 0.1) is 4.92 Å². The lowest BCUT2D eigenvalue weighted by Gasteiger charge is -2.06. The summed E-state index contributed by atoms with van der Waals surface area (Å²) in [6.07, 6.45) is 1.21. The van der Waals surface area contributed by atoms with E-state index in [1.165, 1.54) is 6.20 Å². The van der Waals surface area contributed by atoms with Gasteiger partial charge >= 0.3 is 5.00 Å². The van der Waals surface area contributed by atoms with Crippen molar-refractivity contribution in [1.82, 2.24) is 10.3 Å². The van der Waals surface area contributed by atoms with Crippen LogP contribution in [0.15, 0.2) is 30.5 Å². The number of hydrogen-bond donors (Lipinski definition) is 2. The van der Waals surface area contributed by atoms with Crippen LogP contribution in [0.4, 0.5) is 10.1 Å². The molecule has 0 spiro atoms. The number of hydrogen-bond acceptors (Lipinski definition) is 6. The van der Waals surface area contributed by atoms with E-state index in [1.54, 1.807) is 12.1 Å². The Morgan fingerprint density at radius 1 is 1.33 bits per heavy atom. The number of rotatable bonds is 6. The molecule has 0 saturated carbocycles. The SMILES string of the molecule is Cc1ccc(C(=O)NCCNc2ncc([N+](=O)[O-])s2)cc1. The third-order valence-electron chi connectivity index (χ3n) is 2.67. The second kappa shape index (κ2) is 6.80. The van der Waals surface area contributed by atoms with E-state index in [0.29, 0.717) is 23.8 Å². The second-order valence-corrected chi connectivity index (χ2v) is 5.32. The zero-order chi connectivity index (χ0) is 15.2. The van der Waals surface area contributed by atoms with Crippen LogP contribution in [0.1, 0.15) is 15.9 Å². The molecule has 0 unspecified atom stereocenters. The van der Waals surface area contributed by atoms with Gasteiger partial charge in [0.25, 0.3) is 5.91 Å². The summed E-state index contributed by atoms with van der Waals surface area (Å²) >= 11 is 0.964. The van der Waals surface area contributed by atoms with Gasteiger partial charge in [0.2, 0.25) is 0 Å². The Morgan fingerprint density at radius 3 is 2.67 bits per heavy atom. The van der Waals surface area contributed by atoms with Crippen molar-refractivity contribution in [3.8, 4) is 0 Å². The molecule has 1 aromatic heterocycles. The third-order valence-corrected chi connectivity index (χ3v) is 3.58. The molecule has 0 aliphatic rings. The summed E-state index contributed by atoms with van der Waals surface area (Å²) in [6, 6.07) is 7.29. The van der Waals surface area contributed by atoms with Gasteiger partial charge in [0.15, 0.2) is 5.13 Å². The lowest BCUT2D eigenvalue weighted by molar-refractivity contribution is -0.380. The minimum Gasteiger partial charge on any atom is -0.360 e. The zero-order valence-electron chi connectivity index (χ0n) is 11.3. The normalized spacial score (nSPS) is 10.1. The van der Waals surface area contributed by atoms with E-state index >= 15 is 0 Å². The molecule has 1 aromatic carbocycles. The van der Waals surface area contributed by atoms with Crippen molar-refractivity contribution < 1.29 is 9.72 Å². The summed E-state index contributed by atoms with van der Waals surface area (Å²) < 4.78 is 0. The zero-order valence-corrected chi connectivity index (χ0v) is 12.1. The van der Waals surface area contributed by atoms with Crippen molar-refractivity contribution in [2.24, 2.45) is 0 Å². The summed E-state index contributed by atoms with van der Waals surface area (Å²) in [5.41, 5.74) is 1.70. The first kappa shape index (κ1) is 14.9. The van der Waals surface area contributed by atoms with Crippen LogP contribution in [0.25, 0.3) is 0 Å². The maximum Gasteiger partial charge on any atom is 0.345 e. The van der Waals surface area contributed by atoms with Gasteiger partial charge in [-0.25, -0.2) is 4.98 Å². The van der Waals surface area contributed by atoms with Crippen LogP contribution >= 0.6 is 11.3 Å². The topological polar surface area (TPSA) is 97.2 Å². The molecule has 0 bridgehead atoms. The largest absolute Gasteiger partial charge is 0.360 e. The molecule has 21 heavy (non-hydrogen) atoms. The van der Waals surface area contributed by atoms with E-state index < -0.39 is 4.92 Å². The highest BCUT2D eigenvalue weighted by atomic mass is 32.1. The standard InChI is InChI=1S/C13H14N4O3S/c1-9-2-4-10(5-3-9)12(18)14-6-7-15-13-16-8-11(21-13)17(19)20/h2-5,8H,6-7H2,1H3,(H,14,18)(H,15,16). The van der Waals surface area contributed by atoms with Crippen LogP contribution in [0.2, 0.25) is 0 Å². The molecule has 2 rings (SSSR count). The number of thiazole rings is 1. The van der Waals surface area contributed by atoms with Crippen molar-refractivity contribution >= 4 is 27.4 Å². The van der Waals surface area contributed by atoms with Crippen LogP contribution < -0.4 is 10.6 Å². The van der Waals surface area contributed by atoms with Crippen molar-refractivity contribution in [2.45, 2.75) is 6.92 Å². The van der Waals surface area contributed by atoms with Gasteiger partial charge in [-0.3, -0.25) is 14.9 Å². The van der Waals surface area contributed by atoms with Crippen LogP contribution in [0, 0.1) is 17.0 Å². The highest BCUT2D eigenvalue weighted by Gasteiger charge is 2.10. The van der Waals surface area contributed by atoms with Crippen molar-refractivity contribution in [3.63, 3.8) is 0 Å². The van der Waals surface area contributed by atoms with Gasteiger partial charge in [0.1, 0.15) is 6.20 Å².